The molecule has 5 nitrogen and oxygen atoms in total. The van der Waals surface area contributed by atoms with Crippen molar-refractivity contribution in [2.45, 2.75) is 32.0 Å². The highest BCUT2D eigenvalue weighted by atomic mass is 127. The largest absolute Gasteiger partial charge is 0.403 e. The highest BCUT2D eigenvalue weighted by molar-refractivity contribution is 14.0. The average Bonchev–Trinajstić information content (AvgIpc) is 2.70. The van der Waals surface area contributed by atoms with Gasteiger partial charge in [-0.3, -0.25) is 9.89 Å². The van der Waals surface area contributed by atoms with E-state index in [1.165, 1.54) is 17.4 Å². The van der Waals surface area contributed by atoms with E-state index in [2.05, 4.69) is 22.4 Å². The maximum atomic E-state index is 12.8. The van der Waals surface area contributed by atoms with Crippen LogP contribution in [0.5, 0.6) is 0 Å². The van der Waals surface area contributed by atoms with E-state index >= 15 is 0 Å². The Balaban J connectivity index is 0.00000420. The molecule has 1 aliphatic rings. The molecule has 1 aliphatic heterocycles. The summed E-state index contributed by atoms with van der Waals surface area (Å²) < 4.78 is 44.2. The molecule has 0 aliphatic carbocycles. The van der Waals surface area contributed by atoms with Crippen molar-refractivity contribution in [2.75, 3.05) is 53.0 Å². The Hall–Kier alpha value is -1.07. The van der Waals surface area contributed by atoms with Gasteiger partial charge in [-0.1, -0.05) is 30.3 Å². The Morgan fingerprint density at radius 3 is 2.38 bits per heavy atom. The van der Waals surface area contributed by atoms with E-state index in [1.807, 2.05) is 23.1 Å². The SMILES string of the molecule is CN=C(NCCCOCCc1ccccc1)N1CCN(C(C)C(F)(F)F)CC1.I. The molecule has 1 aromatic rings. The first-order chi connectivity index (χ1) is 13.4. The second-order valence-electron chi connectivity index (χ2n) is 6.92. The normalized spacial score (nSPS) is 17.0. The summed E-state index contributed by atoms with van der Waals surface area (Å²) in [6, 6.07) is 8.81. The van der Waals surface area contributed by atoms with E-state index in [9.17, 15) is 13.2 Å². The molecule has 0 radical (unpaired) electrons. The van der Waals surface area contributed by atoms with Crippen LogP contribution in [0, 0.1) is 0 Å². The smallest absolute Gasteiger partial charge is 0.381 e. The number of alkyl halides is 3. The monoisotopic (exact) mass is 528 g/mol. The lowest BCUT2D eigenvalue weighted by Crippen LogP contribution is -2.56. The van der Waals surface area contributed by atoms with Crippen LogP contribution in [0.15, 0.2) is 35.3 Å². The minimum atomic E-state index is -4.18. The third-order valence-corrected chi connectivity index (χ3v) is 4.97. The first-order valence-corrected chi connectivity index (χ1v) is 9.80. The van der Waals surface area contributed by atoms with Gasteiger partial charge in [-0.25, -0.2) is 0 Å². The molecule has 0 aromatic heterocycles. The molecule has 1 heterocycles. The molecule has 9 heteroatoms. The van der Waals surface area contributed by atoms with Gasteiger partial charge in [0.05, 0.1) is 6.61 Å². The summed E-state index contributed by atoms with van der Waals surface area (Å²) in [4.78, 5) is 7.74. The summed E-state index contributed by atoms with van der Waals surface area (Å²) in [7, 11) is 1.70. The number of aliphatic imine (C=N–C) groups is 1. The molecule has 1 saturated heterocycles. The topological polar surface area (TPSA) is 40.1 Å². The van der Waals surface area contributed by atoms with Gasteiger partial charge >= 0.3 is 6.18 Å². The Bertz CT molecular complexity index is 593. The van der Waals surface area contributed by atoms with Crippen LogP contribution in [-0.4, -0.2) is 81.0 Å². The number of rotatable bonds is 8. The van der Waals surface area contributed by atoms with Crippen molar-refractivity contribution in [3.05, 3.63) is 35.9 Å². The zero-order valence-electron chi connectivity index (χ0n) is 17.1. The summed E-state index contributed by atoms with van der Waals surface area (Å²) in [6.07, 6.45) is -2.43. The van der Waals surface area contributed by atoms with Crippen LogP contribution in [0.25, 0.3) is 0 Å². The maximum Gasteiger partial charge on any atom is 0.403 e. The van der Waals surface area contributed by atoms with Gasteiger partial charge in [0.2, 0.25) is 0 Å². The lowest BCUT2D eigenvalue weighted by Gasteiger charge is -2.39. The highest BCUT2D eigenvalue weighted by Crippen LogP contribution is 2.25. The molecule has 166 valence electrons. The molecule has 1 unspecified atom stereocenters. The van der Waals surface area contributed by atoms with Crippen LogP contribution in [0.3, 0.4) is 0 Å². The van der Waals surface area contributed by atoms with Crippen LogP contribution in [0.1, 0.15) is 18.9 Å². The predicted octanol–water partition coefficient (Wildman–Crippen LogP) is 3.40. The average molecular weight is 528 g/mol. The fourth-order valence-electron chi connectivity index (χ4n) is 3.17. The number of benzene rings is 1. The second kappa shape index (κ2) is 13.3. The van der Waals surface area contributed by atoms with E-state index < -0.39 is 12.2 Å². The van der Waals surface area contributed by atoms with E-state index in [0.717, 1.165) is 25.3 Å². The van der Waals surface area contributed by atoms with Gasteiger partial charge in [-0.05, 0) is 25.3 Å². The number of nitrogens with one attached hydrogen (secondary N) is 1. The summed E-state index contributed by atoms with van der Waals surface area (Å²) in [6.45, 7) is 5.12. The standard InChI is InChI=1S/C20H31F3N4O.HI/c1-17(20(21,22)23)26-11-13-27(14-12-26)19(24-2)25-10-6-15-28-16-9-18-7-4-3-5-8-18;/h3-5,7-8,17H,6,9-16H2,1-2H3,(H,24,25);1H. The minimum absolute atomic E-state index is 0. The quantitative estimate of drug-likeness (QED) is 0.243. The van der Waals surface area contributed by atoms with Crippen LogP contribution >= 0.6 is 24.0 Å². The molecular weight excluding hydrogens is 496 g/mol. The van der Waals surface area contributed by atoms with Gasteiger partial charge in [-0.2, -0.15) is 13.2 Å². The van der Waals surface area contributed by atoms with Crippen LogP contribution in [0.2, 0.25) is 0 Å². The molecule has 1 fully saturated rings. The van der Waals surface area contributed by atoms with Crippen molar-refractivity contribution in [2.24, 2.45) is 4.99 Å². The summed E-state index contributed by atoms with van der Waals surface area (Å²) in [5, 5.41) is 3.28. The number of nitrogens with zero attached hydrogens (tertiary/aromatic N) is 3. The third kappa shape index (κ3) is 9.08. The summed E-state index contributed by atoms with van der Waals surface area (Å²) in [5.74, 6) is 0.739. The van der Waals surface area contributed by atoms with Crippen LogP contribution in [0.4, 0.5) is 13.2 Å². The zero-order valence-corrected chi connectivity index (χ0v) is 19.5. The van der Waals surface area contributed by atoms with E-state index in [1.54, 1.807) is 7.05 Å². The van der Waals surface area contributed by atoms with Crippen LogP contribution in [-0.2, 0) is 11.2 Å². The molecular formula is C20H32F3IN4O. The summed E-state index contributed by atoms with van der Waals surface area (Å²) in [5.41, 5.74) is 1.26. The molecule has 0 bridgehead atoms. The first-order valence-electron chi connectivity index (χ1n) is 9.80. The van der Waals surface area contributed by atoms with Gasteiger partial charge in [0.25, 0.3) is 0 Å². The highest BCUT2D eigenvalue weighted by Gasteiger charge is 2.41. The van der Waals surface area contributed by atoms with E-state index in [0.29, 0.717) is 39.4 Å². The predicted molar refractivity (Wildman–Crippen MR) is 121 cm³/mol. The Morgan fingerprint density at radius 1 is 1.14 bits per heavy atom. The molecule has 2 rings (SSSR count). The van der Waals surface area contributed by atoms with Crippen molar-refractivity contribution in [3.63, 3.8) is 0 Å². The number of guanidine groups is 1. The fourth-order valence-corrected chi connectivity index (χ4v) is 3.17. The molecule has 0 amide bonds. The first kappa shape index (κ1) is 26.0. The Kier molecular flexibility index (Phi) is 11.9. The molecule has 29 heavy (non-hydrogen) atoms. The number of ether oxygens (including phenoxy) is 1. The van der Waals surface area contributed by atoms with Gasteiger partial charge in [0, 0.05) is 46.4 Å². The van der Waals surface area contributed by atoms with Crippen molar-refractivity contribution in [1.82, 2.24) is 15.1 Å². The van der Waals surface area contributed by atoms with Crippen molar-refractivity contribution < 1.29 is 17.9 Å². The molecule has 1 aromatic carbocycles. The molecule has 0 saturated carbocycles. The third-order valence-electron chi connectivity index (χ3n) is 4.97. The Morgan fingerprint density at radius 2 is 1.79 bits per heavy atom. The summed E-state index contributed by atoms with van der Waals surface area (Å²) >= 11 is 0. The zero-order chi connectivity index (χ0) is 20.4. The maximum absolute atomic E-state index is 12.8. The van der Waals surface area contributed by atoms with Crippen molar-refractivity contribution in [1.29, 1.82) is 0 Å². The fraction of sp³-hybridized carbons (Fsp3) is 0.650. The Labute approximate surface area is 188 Å². The van der Waals surface area contributed by atoms with Gasteiger partial charge in [0.15, 0.2) is 5.96 Å². The minimum Gasteiger partial charge on any atom is -0.381 e. The number of halogens is 4. The number of piperazine rings is 1. The van der Waals surface area contributed by atoms with E-state index in [4.69, 9.17) is 4.74 Å². The van der Waals surface area contributed by atoms with Gasteiger partial charge < -0.3 is 15.0 Å². The van der Waals surface area contributed by atoms with Gasteiger partial charge in [0.1, 0.15) is 6.04 Å². The molecule has 1 N–H and O–H groups in total. The van der Waals surface area contributed by atoms with Crippen molar-refractivity contribution in [3.8, 4) is 0 Å². The number of hydrogen-bond acceptors (Lipinski definition) is 3. The lowest BCUT2D eigenvalue weighted by molar-refractivity contribution is -0.181. The molecule has 1 atom stereocenters. The van der Waals surface area contributed by atoms with Gasteiger partial charge in [-0.15, -0.1) is 24.0 Å². The van der Waals surface area contributed by atoms with Crippen molar-refractivity contribution >= 4 is 29.9 Å². The second-order valence-corrected chi connectivity index (χ2v) is 6.92. The van der Waals surface area contributed by atoms with E-state index in [-0.39, 0.29) is 24.0 Å². The van der Waals surface area contributed by atoms with Crippen LogP contribution < -0.4 is 5.32 Å². The number of hydrogen-bond donors (Lipinski definition) is 1. The molecule has 0 spiro atoms. The lowest BCUT2D eigenvalue weighted by atomic mass is 10.2.